The standard InChI is InChI=1S/C10H18N4O2S/c15-17(16,10-8-11-9-12-10)13-4-3-7-14-5-1-2-6-14/h8-9,13H,1-7H2,(H,11,12). The first-order valence-electron chi connectivity index (χ1n) is 5.89. The minimum atomic E-state index is -3.40. The minimum Gasteiger partial charge on any atom is -0.335 e. The van der Waals surface area contributed by atoms with Gasteiger partial charge < -0.3 is 9.88 Å². The number of aromatic nitrogens is 2. The van der Waals surface area contributed by atoms with Crippen LogP contribution in [0.3, 0.4) is 0 Å². The summed E-state index contributed by atoms with van der Waals surface area (Å²) in [6.45, 7) is 3.73. The normalized spacial score (nSPS) is 17.6. The van der Waals surface area contributed by atoms with Gasteiger partial charge in [0.15, 0.2) is 5.03 Å². The maximum Gasteiger partial charge on any atom is 0.257 e. The number of nitrogens with one attached hydrogen (secondary N) is 2. The molecule has 1 saturated heterocycles. The molecule has 1 aromatic heterocycles. The molecule has 2 heterocycles. The van der Waals surface area contributed by atoms with Crippen molar-refractivity contribution in [2.45, 2.75) is 24.3 Å². The maximum absolute atomic E-state index is 11.7. The first-order valence-corrected chi connectivity index (χ1v) is 7.37. The van der Waals surface area contributed by atoms with Crippen molar-refractivity contribution in [1.82, 2.24) is 19.6 Å². The zero-order valence-electron chi connectivity index (χ0n) is 9.72. The van der Waals surface area contributed by atoms with Crippen molar-refractivity contribution < 1.29 is 8.42 Å². The van der Waals surface area contributed by atoms with Gasteiger partial charge in [-0.15, -0.1) is 0 Å². The van der Waals surface area contributed by atoms with Crippen LogP contribution in [-0.2, 0) is 10.0 Å². The van der Waals surface area contributed by atoms with Crippen LogP contribution >= 0.6 is 0 Å². The third-order valence-electron chi connectivity index (χ3n) is 2.90. The lowest BCUT2D eigenvalue weighted by Gasteiger charge is -2.14. The molecule has 1 aromatic rings. The smallest absolute Gasteiger partial charge is 0.257 e. The second-order valence-electron chi connectivity index (χ2n) is 4.22. The summed E-state index contributed by atoms with van der Waals surface area (Å²) in [4.78, 5) is 8.65. The average molecular weight is 258 g/mol. The van der Waals surface area contributed by atoms with Gasteiger partial charge in [0, 0.05) is 6.54 Å². The summed E-state index contributed by atoms with van der Waals surface area (Å²) in [6.07, 6.45) is 6.04. The molecule has 0 unspecified atom stereocenters. The predicted molar refractivity (Wildman–Crippen MR) is 64.1 cm³/mol. The van der Waals surface area contributed by atoms with Crippen molar-refractivity contribution in [2.24, 2.45) is 0 Å². The molecule has 0 aromatic carbocycles. The van der Waals surface area contributed by atoms with E-state index in [1.54, 1.807) is 0 Å². The van der Waals surface area contributed by atoms with Crippen molar-refractivity contribution in [1.29, 1.82) is 0 Å². The third-order valence-corrected chi connectivity index (χ3v) is 4.29. The summed E-state index contributed by atoms with van der Waals surface area (Å²) in [5.41, 5.74) is 0. The van der Waals surface area contributed by atoms with E-state index >= 15 is 0 Å². The van der Waals surface area contributed by atoms with Crippen LogP contribution in [0, 0.1) is 0 Å². The zero-order chi connectivity index (χ0) is 12.1. The summed E-state index contributed by atoms with van der Waals surface area (Å²) in [6, 6.07) is 0. The van der Waals surface area contributed by atoms with E-state index in [1.165, 1.54) is 25.4 Å². The molecule has 0 aliphatic carbocycles. The molecule has 0 radical (unpaired) electrons. The van der Waals surface area contributed by atoms with Crippen LogP contribution in [-0.4, -0.2) is 49.5 Å². The van der Waals surface area contributed by atoms with E-state index < -0.39 is 10.0 Å². The van der Waals surface area contributed by atoms with Gasteiger partial charge in [0.05, 0.1) is 12.5 Å². The first-order chi connectivity index (χ1) is 8.18. The van der Waals surface area contributed by atoms with Gasteiger partial charge in [0.1, 0.15) is 0 Å². The number of nitrogens with zero attached hydrogens (tertiary/aromatic N) is 2. The van der Waals surface area contributed by atoms with Gasteiger partial charge in [-0.25, -0.2) is 18.1 Å². The molecule has 0 amide bonds. The topological polar surface area (TPSA) is 78.1 Å². The lowest BCUT2D eigenvalue weighted by atomic mass is 10.4. The highest BCUT2D eigenvalue weighted by molar-refractivity contribution is 7.89. The SMILES string of the molecule is O=S(=O)(NCCCN1CCCC1)c1cnc[nH]1. The molecule has 0 atom stereocenters. The number of imidazole rings is 1. The summed E-state index contributed by atoms with van der Waals surface area (Å²) in [7, 11) is -3.40. The van der Waals surface area contributed by atoms with Crippen LogP contribution in [0.4, 0.5) is 0 Å². The van der Waals surface area contributed by atoms with Crippen molar-refractivity contribution in [2.75, 3.05) is 26.2 Å². The highest BCUT2D eigenvalue weighted by Gasteiger charge is 2.15. The van der Waals surface area contributed by atoms with E-state index in [1.807, 2.05) is 0 Å². The molecule has 17 heavy (non-hydrogen) atoms. The molecule has 2 N–H and O–H groups in total. The number of likely N-dealkylation sites (tertiary alicyclic amines) is 1. The number of hydrogen-bond donors (Lipinski definition) is 2. The quantitative estimate of drug-likeness (QED) is 0.713. The monoisotopic (exact) mass is 258 g/mol. The van der Waals surface area contributed by atoms with Crippen molar-refractivity contribution >= 4 is 10.0 Å². The zero-order valence-corrected chi connectivity index (χ0v) is 10.5. The fourth-order valence-corrected chi connectivity index (χ4v) is 2.96. The van der Waals surface area contributed by atoms with E-state index in [-0.39, 0.29) is 5.03 Å². The van der Waals surface area contributed by atoms with Gasteiger partial charge in [0.2, 0.25) is 0 Å². The lowest BCUT2D eigenvalue weighted by Crippen LogP contribution is -2.28. The second kappa shape index (κ2) is 5.61. The number of rotatable bonds is 6. The number of H-pyrrole nitrogens is 1. The third kappa shape index (κ3) is 3.52. The Morgan fingerprint density at radius 2 is 2.18 bits per heavy atom. The van der Waals surface area contributed by atoms with E-state index in [4.69, 9.17) is 0 Å². The van der Waals surface area contributed by atoms with E-state index in [9.17, 15) is 8.42 Å². The van der Waals surface area contributed by atoms with Crippen LogP contribution in [0.5, 0.6) is 0 Å². The van der Waals surface area contributed by atoms with Gasteiger partial charge in [-0.2, -0.15) is 0 Å². The number of sulfonamides is 1. The Balaban J connectivity index is 1.71. The Bertz CT molecular complexity index is 423. The molecule has 2 rings (SSSR count). The van der Waals surface area contributed by atoms with Gasteiger partial charge in [-0.05, 0) is 38.9 Å². The largest absolute Gasteiger partial charge is 0.335 e. The first kappa shape index (κ1) is 12.5. The van der Waals surface area contributed by atoms with Gasteiger partial charge >= 0.3 is 0 Å². The molecule has 7 heteroatoms. The predicted octanol–water partition coefficient (Wildman–Crippen LogP) is 0.174. The maximum atomic E-state index is 11.7. The summed E-state index contributed by atoms with van der Waals surface area (Å²) in [5, 5.41) is 0.124. The van der Waals surface area contributed by atoms with Crippen LogP contribution < -0.4 is 4.72 Å². The Labute approximate surface area is 101 Å². The molecule has 96 valence electrons. The molecular formula is C10H18N4O2S. The highest BCUT2D eigenvalue weighted by atomic mass is 32.2. The van der Waals surface area contributed by atoms with E-state index in [0.717, 1.165) is 26.1 Å². The lowest BCUT2D eigenvalue weighted by molar-refractivity contribution is 0.334. The summed E-state index contributed by atoms with van der Waals surface area (Å²) < 4.78 is 25.9. The highest BCUT2D eigenvalue weighted by Crippen LogP contribution is 2.07. The van der Waals surface area contributed by atoms with Gasteiger partial charge in [-0.3, -0.25) is 0 Å². The molecular weight excluding hydrogens is 240 g/mol. The van der Waals surface area contributed by atoms with Crippen LogP contribution in [0.2, 0.25) is 0 Å². The fourth-order valence-electron chi connectivity index (χ4n) is 1.98. The number of hydrogen-bond acceptors (Lipinski definition) is 4. The summed E-state index contributed by atoms with van der Waals surface area (Å²) >= 11 is 0. The molecule has 0 bridgehead atoms. The molecule has 0 saturated carbocycles. The Kier molecular flexibility index (Phi) is 4.14. The van der Waals surface area contributed by atoms with E-state index in [2.05, 4.69) is 19.6 Å². The number of aromatic amines is 1. The Morgan fingerprint density at radius 3 is 2.82 bits per heavy atom. The molecule has 0 spiro atoms. The second-order valence-corrected chi connectivity index (χ2v) is 5.95. The van der Waals surface area contributed by atoms with Crippen LogP contribution in [0.15, 0.2) is 17.6 Å². The minimum absolute atomic E-state index is 0.124. The fraction of sp³-hybridized carbons (Fsp3) is 0.700. The van der Waals surface area contributed by atoms with Crippen molar-refractivity contribution in [3.8, 4) is 0 Å². The molecule has 1 aliphatic heterocycles. The Hall–Kier alpha value is -0.920. The van der Waals surface area contributed by atoms with Crippen LogP contribution in [0.25, 0.3) is 0 Å². The average Bonchev–Trinajstić information content (AvgIpc) is 2.97. The molecule has 1 aliphatic rings. The Morgan fingerprint density at radius 1 is 1.41 bits per heavy atom. The van der Waals surface area contributed by atoms with Gasteiger partial charge in [-0.1, -0.05) is 0 Å². The van der Waals surface area contributed by atoms with Crippen molar-refractivity contribution in [3.63, 3.8) is 0 Å². The van der Waals surface area contributed by atoms with Gasteiger partial charge in [0.25, 0.3) is 10.0 Å². The molecule has 6 nitrogen and oxygen atoms in total. The molecule has 1 fully saturated rings. The van der Waals surface area contributed by atoms with E-state index in [0.29, 0.717) is 6.54 Å². The van der Waals surface area contributed by atoms with Crippen molar-refractivity contribution in [3.05, 3.63) is 12.5 Å². The summed E-state index contributed by atoms with van der Waals surface area (Å²) in [5.74, 6) is 0. The van der Waals surface area contributed by atoms with Crippen LogP contribution in [0.1, 0.15) is 19.3 Å².